The van der Waals surface area contributed by atoms with Crippen LogP contribution < -0.4 is 16.0 Å². The number of hydrogen-bond donors (Lipinski definition) is 3. The average Bonchev–Trinajstić information content (AvgIpc) is 2.72. The first-order chi connectivity index (χ1) is 12.4. The molecule has 144 valence electrons. The molecule has 2 heterocycles. The smallest absolute Gasteiger partial charge is 0.264 e. The van der Waals surface area contributed by atoms with Gasteiger partial charge in [0.25, 0.3) is 11.8 Å². The first-order valence-corrected chi connectivity index (χ1v) is 8.23. The largest absolute Gasteiger partial charge is 0.324 e. The van der Waals surface area contributed by atoms with Crippen LogP contribution in [0.5, 0.6) is 0 Å². The highest BCUT2D eigenvalue weighted by molar-refractivity contribution is 6.26. The van der Waals surface area contributed by atoms with Crippen LogP contribution in [0.1, 0.15) is 47.4 Å². The predicted octanol–water partition coefficient (Wildman–Crippen LogP) is 0.272. The number of amides is 5. The summed E-state index contributed by atoms with van der Waals surface area (Å²) < 4.78 is 0. The number of nitrogens with one attached hydrogen (secondary N) is 3. The van der Waals surface area contributed by atoms with E-state index in [1.807, 2.05) is 0 Å². The zero-order valence-corrected chi connectivity index (χ0v) is 14.1. The monoisotopic (exact) mass is 374 g/mol. The van der Waals surface area contributed by atoms with E-state index >= 15 is 0 Å². The summed E-state index contributed by atoms with van der Waals surface area (Å²) in [7, 11) is 1.61. The molecule has 1 aromatic rings. The van der Waals surface area contributed by atoms with Gasteiger partial charge in [0.1, 0.15) is 6.04 Å². The molecule has 0 aliphatic carbocycles. The van der Waals surface area contributed by atoms with Crippen molar-refractivity contribution >= 4 is 35.2 Å². The van der Waals surface area contributed by atoms with E-state index in [2.05, 4.69) is 16.0 Å². The molecule has 0 radical (unpaired) electrons. The van der Waals surface area contributed by atoms with E-state index in [4.69, 9.17) is 0 Å². The Labute approximate surface area is 156 Å². The lowest BCUT2D eigenvalue weighted by atomic mass is 10.1. The summed E-state index contributed by atoms with van der Waals surface area (Å²) in [5.74, 6) is -2.71. The molecule has 3 N–H and O–H groups in total. The lowest BCUT2D eigenvalue weighted by Gasteiger charge is -2.23. The number of rotatable bonds is 4. The predicted molar refractivity (Wildman–Crippen MR) is 97.0 cm³/mol. The Morgan fingerprint density at radius 3 is 2.67 bits per heavy atom. The Bertz CT molecular complexity index is 820. The topological polar surface area (TPSA) is 125 Å². The molecule has 0 aromatic heterocycles. The molecule has 2 aliphatic heterocycles. The number of fused-ring (bicyclic) bond motifs is 1. The third-order valence-electron chi connectivity index (χ3n) is 4.32. The summed E-state index contributed by atoms with van der Waals surface area (Å²) in [6.45, 7) is 0.0443. The van der Waals surface area contributed by atoms with Crippen LogP contribution in [0.2, 0.25) is 0 Å². The molecule has 1 atom stereocenters. The van der Waals surface area contributed by atoms with Gasteiger partial charge in [0.15, 0.2) is 0 Å². The SMILES string of the molecule is C.CNCC(=O)Nc1cccc2c1C(=O)N(C1CCCC(=O)NC1=O)C2=O. The second kappa shape index (κ2) is 8.09. The standard InChI is InChI=1S/C17H18N4O5.CH4/c1-18-8-13(23)19-10-5-2-4-9-14(10)17(26)21(16(9)25)11-6-3-7-12(22)20-15(11)24;/h2,4-5,11,18H,3,6-8H2,1H3,(H,19,23)(H,20,22,24);1H4. The average molecular weight is 374 g/mol. The van der Waals surface area contributed by atoms with Gasteiger partial charge in [-0.05, 0) is 32.0 Å². The molecule has 9 heteroatoms. The third kappa shape index (κ3) is 3.72. The van der Waals surface area contributed by atoms with Gasteiger partial charge >= 0.3 is 0 Å². The van der Waals surface area contributed by atoms with Gasteiger partial charge in [-0.15, -0.1) is 0 Å². The summed E-state index contributed by atoms with van der Waals surface area (Å²) in [5, 5.41) is 7.48. The second-order valence-electron chi connectivity index (χ2n) is 6.11. The van der Waals surface area contributed by atoms with E-state index in [9.17, 15) is 24.0 Å². The van der Waals surface area contributed by atoms with Crippen molar-refractivity contribution in [1.29, 1.82) is 0 Å². The molecule has 0 saturated carbocycles. The van der Waals surface area contributed by atoms with Crippen LogP contribution >= 0.6 is 0 Å². The third-order valence-corrected chi connectivity index (χ3v) is 4.32. The van der Waals surface area contributed by atoms with Gasteiger partial charge in [0.05, 0.1) is 23.4 Å². The molecule has 0 bridgehead atoms. The maximum absolute atomic E-state index is 12.9. The Hall–Kier alpha value is -3.07. The van der Waals surface area contributed by atoms with Crippen molar-refractivity contribution in [2.24, 2.45) is 0 Å². The van der Waals surface area contributed by atoms with E-state index in [0.29, 0.717) is 6.42 Å². The molecule has 1 fully saturated rings. The molecular formula is C18H22N4O5. The van der Waals surface area contributed by atoms with E-state index in [1.165, 1.54) is 12.1 Å². The van der Waals surface area contributed by atoms with E-state index in [1.54, 1.807) is 13.1 Å². The second-order valence-corrected chi connectivity index (χ2v) is 6.11. The van der Waals surface area contributed by atoms with Crippen LogP contribution in [0, 0.1) is 0 Å². The molecule has 5 amide bonds. The first kappa shape index (κ1) is 20.2. The van der Waals surface area contributed by atoms with Crippen molar-refractivity contribution in [2.75, 3.05) is 18.9 Å². The Balaban J connectivity index is 0.00000261. The summed E-state index contributed by atoms with van der Waals surface area (Å²) in [6.07, 6.45) is 0.766. The van der Waals surface area contributed by atoms with Crippen molar-refractivity contribution in [1.82, 2.24) is 15.5 Å². The number of likely N-dealkylation sites (N-methyl/N-ethyl adjacent to an activating group) is 1. The molecule has 9 nitrogen and oxygen atoms in total. The minimum absolute atomic E-state index is 0. The minimum Gasteiger partial charge on any atom is -0.324 e. The molecular weight excluding hydrogens is 352 g/mol. The van der Waals surface area contributed by atoms with Crippen molar-refractivity contribution < 1.29 is 24.0 Å². The Morgan fingerprint density at radius 2 is 1.96 bits per heavy atom. The number of imide groups is 2. The van der Waals surface area contributed by atoms with Crippen LogP contribution in [0.3, 0.4) is 0 Å². The normalized spacial score (nSPS) is 19.1. The van der Waals surface area contributed by atoms with Gasteiger partial charge < -0.3 is 10.6 Å². The fraction of sp³-hybridized carbons (Fsp3) is 0.389. The van der Waals surface area contributed by atoms with Crippen molar-refractivity contribution in [2.45, 2.75) is 32.7 Å². The number of carbonyl (C=O) groups is 5. The lowest BCUT2D eigenvalue weighted by molar-refractivity contribution is -0.131. The van der Waals surface area contributed by atoms with Crippen molar-refractivity contribution in [3.05, 3.63) is 29.3 Å². The molecule has 2 aliphatic rings. The highest BCUT2D eigenvalue weighted by Crippen LogP contribution is 2.32. The number of carbonyl (C=O) groups excluding carboxylic acids is 5. The maximum Gasteiger partial charge on any atom is 0.264 e. The van der Waals surface area contributed by atoms with Crippen LogP contribution in [-0.2, 0) is 14.4 Å². The Kier molecular flexibility index (Phi) is 6.06. The van der Waals surface area contributed by atoms with Gasteiger partial charge in [0, 0.05) is 6.42 Å². The number of anilines is 1. The van der Waals surface area contributed by atoms with Crippen LogP contribution in [-0.4, -0.2) is 54.1 Å². The molecule has 27 heavy (non-hydrogen) atoms. The summed E-state index contributed by atoms with van der Waals surface area (Å²) >= 11 is 0. The minimum atomic E-state index is -1.05. The molecule has 0 spiro atoms. The first-order valence-electron chi connectivity index (χ1n) is 8.23. The fourth-order valence-corrected chi connectivity index (χ4v) is 3.16. The molecule has 3 rings (SSSR count). The molecule has 1 saturated heterocycles. The van der Waals surface area contributed by atoms with Gasteiger partial charge in [-0.25, -0.2) is 0 Å². The molecule has 1 unspecified atom stereocenters. The quantitative estimate of drug-likeness (QED) is 0.650. The zero-order valence-electron chi connectivity index (χ0n) is 14.1. The van der Waals surface area contributed by atoms with Gasteiger partial charge in [-0.1, -0.05) is 13.5 Å². The summed E-state index contributed by atoms with van der Waals surface area (Å²) in [4.78, 5) is 62.1. The maximum atomic E-state index is 12.9. The van der Waals surface area contributed by atoms with Gasteiger partial charge in [-0.2, -0.15) is 0 Å². The lowest BCUT2D eigenvalue weighted by Crippen LogP contribution is -2.49. The summed E-state index contributed by atoms with van der Waals surface area (Å²) in [6, 6.07) is 3.51. The van der Waals surface area contributed by atoms with Crippen molar-refractivity contribution in [3.63, 3.8) is 0 Å². The highest BCUT2D eigenvalue weighted by atomic mass is 16.2. The highest BCUT2D eigenvalue weighted by Gasteiger charge is 2.44. The number of hydrogen-bond acceptors (Lipinski definition) is 6. The van der Waals surface area contributed by atoms with Crippen LogP contribution in [0.15, 0.2) is 18.2 Å². The van der Waals surface area contributed by atoms with Gasteiger partial charge in [0.2, 0.25) is 17.7 Å². The summed E-state index contributed by atoms with van der Waals surface area (Å²) in [5.41, 5.74) is 0.402. The van der Waals surface area contributed by atoms with E-state index in [-0.39, 0.29) is 49.5 Å². The van der Waals surface area contributed by atoms with Crippen molar-refractivity contribution in [3.8, 4) is 0 Å². The van der Waals surface area contributed by atoms with E-state index in [0.717, 1.165) is 4.90 Å². The fourth-order valence-electron chi connectivity index (χ4n) is 3.16. The van der Waals surface area contributed by atoms with E-state index < -0.39 is 29.7 Å². The molecule has 1 aromatic carbocycles. The van der Waals surface area contributed by atoms with Crippen LogP contribution in [0.25, 0.3) is 0 Å². The number of nitrogens with zero attached hydrogens (tertiary/aromatic N) is 1. The number of benzene rings is 1. The zero-order chi connectivity index (χ0) is 18.8. The van der Waals surface area contributed by atoms with Gasteiger partial charge in [-0.3, -0.25) is 34.2 Å². The van der Waals surface area contributed by atoms with Crippen LogP contribution in [0.4, 0.5) is 5.69 Å². The Morgan fingerprint density at radius 1 is 1.22 bits per heavy atom.